The predicted molar refractivity (Wildman–Crippen MR) is 79.7 cm³/mol. The minimum atomic E-state index is -0.213. The van der Waals surface area contributed by atoms with Gasteiger partial charge in [-0.25, -0.2) is 0 Å². The fourth-order valence-electron chi connectivity index (χ4n) is 2.57. The van der Waals surface area contributed by atoms with E-state index < -0.39 is 0 Å². The van der Waals surface area contributed by atoms with Crippen LogP contribution in [0.1, 0.15) is 41.8 Å². The molecule has 1 fully saturated rings. The van der Waals surface area contributed by atoms with Crippen LogP contribution in [0.3, 0.4) is 0 Å². The lowest BCUT2D eigenvalue weighted by atomic mass is 9.97. The van der Waals surface area contributed by atoms with Crippen LogP contribution >= 0.6 is 11.3 Å². The van der Waals surface area contributed by atoms with Gasteiger partial charge in [0.1, 0.15) is 0 Å². The van der Waals surface area contributed by atoms with Gasteiger partial charge in [-0.15, -0.1) is 11.3 Å². The number of thiophene rings is 1. The highest BCUT2D eigenvalue weighted by Gasteiger charge is 2.33. The summed E-state index contributed by atoms with van der Waals surface area (Å²) in [5, 5.41) is 7.64. The number of nitrogens with two attached hydrogens (primary N) is 1. The van der Waals surface area contributed by atoms with Gasteiger partial charge >= 0.3 is 0 Å². The summed E-state index contributed by atoms with van der Waals surface area (Å²) >= 11 is 1.39. The summed E-state index contributed by atoms with van der Waals surface area (Å²) in [7, 11) is 0. The lowest BCUT2D eigenvalue weighted by Crippen LogP contribution is -2.52. The Bertz CT molecular complexity index is 453. The molecule has 0 spiro atoms. The maximum atomic E-state index is 11.9. The smallest absolute Gasteiger partial charge is 0.261 e. The average molecular weight is 295 g/mol. The fraction of sp³-hybridized carbons (Fsp3) is 0.571. The van der Waals surface area contributed by atoms with Gasteiger partial charge in [0.25, 0.3) is 5.91 Å². The van der Waals surface area contributed by atoms with Gasteiger partial charge < -0.3 is 16.4 Å². The first kappa shape index (κ1) is 15.0. The molecule has 0 radical (unpaired) electrons. The van der Waals surface area contributed by atoms with E-state index >= 15 is 0 Å². The maximum Gasteiger partial charge on any atom is 0.261 e. The minimum absolute atomic E-state index is 0.0381. The van der Waals surface area contributed by atoms with E-state index in [0.29, 0.717) is 24.4 Å². The van der Waals surface area contributed by atoms with Crippen molar-refractivity contribution in [1.82, 2.24) is 10.6 Å². The van der Waals surface area contributed by atoms with Gasteiger partial charge in [0.2, 0.25) is 5.91 Å². The molecular formula is C14H21N3O2S. The van der Waals surface area contributed by atoms with Crippen molar-refractivity contribution in [2.45, 2.75) is 37.6 Å². The number of carbonyl (C=O) groups is 2. The van der Waals surface area contributed by atoms with Gasteiger partial charge in [-0.2, -0.15) is 0 Å². The normalized spacial score (nSPS) is 16.9. The fourth-order valence-corrected chi connectivity index (χ4v) is 3.21. The van der Waals surface area contributed by atoms with E-state index in [-0.39, 0.29) is 17.4 Å². The summed E-state index contributed by atoms with van der Waals surface area (Å²) in [6.45, 7) is 0.837. The van der Waals surface area contributed by atoms with Gasteiger partial charge in [-0.3, -0.25) is 9.59 Å². The third-order valence-corrected chi connectivity index (χ3v) is 4.61. The predicted octanol–water partition coefficient (Wildman–Crippen LogP) is 1.26. The lowest BCUT2D eigenvalue weighted by Gasteiger charge is -2.28. The Morgan fingerprint density at radius 1 is 1.35 bits per heavy atom. The molecule has 1 heterocycles. The van der Waals surface area contributed by atoms with E-state index in [1.165, 1.54) is 11.3 Å². The van der Waals surface area contributed by atoms with E-state index in [1.807, 2.05) is 11.4 Å². The van der Waals surface area contributed by atoms with Crippen LogP contribution in [-0.4, -0.2) is 30.4 Å². The van der Waals surface area contributed by atoms with Crippen LogP contribution in [0.2, 0.25) is 0 Å². The number of hydrogen-bond acceptors (Lipinski definition) is 4. The highest BCUT2D eigenvalue weighted by atomic mass is 32.1. The quantitative estimate of drug-likeness (QED) is 0.738. The molecule has 1 aliphatic carbocycles. The van der Waals surface area contributed by atoms with Crippen LogP contribution in [-0.2, 0) is 4.79 Å². The lowest BCUT2D eigenvalue weighted by molar-refractivity contribution is -0.122. The summed E-state index contributed by atoms with van der Waals surface area (Å²) in [4.78, 5) is 24.3. The Balaban J connectivity index is 1.71. The molecule has 110 valence electrons. The van der Waals surface area contributed by atoms with Crippen LogP contribution in [0.15, 0.2) is 17.5 Å². The van der Waals surface area contributed by atoms with Gasteiger partial charge in [-0.05, 0) is 24.3 Å². The third-order valence-electron chi connectivity index (χ3n) is 3.74. The highest BCUT2D eigenvalue weighted by Crippen LogP contribution is 2.28. The summed E-state index contributed by atoms with van der Waals surface area (Å²) in [6.07, 6.45) is 4.44. The first-order valence-corrected chi connectivity index (χ1v) is 7.86. The van der Waals surface area contributed by atoms with Crippen molar-refractivity contribution in [3.05, 3.63) is 22.4 Å². The Morgan fingerprint density at radius 3 is 2.70 bits per heavy atom. The number of rotatable bonds is 6. The standard InChI is InChI=1S/C14H21N3O2S/c15-10-14(6-1-2-7-14)17-12(18)5-8-16-13(19)11-4-3-9-20-11/h3-4,9H,1-2,5-8,10,15H2,(H,16,19)(H,17,18). The molecule has 0 saturated heterocycles. The Hall–Kier alpha value is -1.40. The van der Waals surface area contributed by atoms with Crippen molar-refractivity contribution in [3.63, 3.8) is 0 Å². The van der Waals surface area contributed by atoms with E-state index in [1.54, 1.807) is 6.07 Å². The van der Waals surface area contributed by atoms with E-state index in [0.717, 1.165) is 25.7 Å². The van der Waals surface area contributed by atoms with Gasteiger partial charge in [0, 0.05) is 19.5 Å². The molecule has 0 aromatic carbocycles. The zero-order chi connectivity index (χ0) is 14.4. The maximum absolute atomic E-state index is 11.9. The van der Waals surface area contributed by atoms with Gasteiger partial charge in [0.05, 0.1) is 10.4 Å². The highest BCUT2D eigenvalue weighted by molar-refractivity contribution is 7.12. The molecule has 0 bridgehead atoms. The van der Waals surface area contributed by atoms with Crippen molar-refractivity contribution in [2.24, 2.45) is 5.73 Å². The molecule has 5 nitrogen and oxygen atoms in total. The van der Waals surface area contributed by atoms with E-state index in [4.69, 9.17) is 5.73 Å². The van der Waals surface area contributed by atoms with Crippen molar-refractivity contribution in [1.29, 1.82) is 0 Å². The van der Waals surface area contributed by atoms with Gasteiger partial charge in [0.15, 0.2) is 0 Å². The molecular weight excluding hydrogens is 274 g/mol. The average Bonchev–Trinajstić information content (AvgIpc) is 3.10. The summed E-state index contributed by atoms with van der Waals surface area (Å²) < 4.78 is 0. The van der Waals surface area contributed by atoms with E-state index in [2.05, 4.69) is 10.6 Å². The van der Waals surface area contributed by atoms with Crippen molar-refractivity contribution < 1.29 is 9.59 Å². The molecule has 0 aliphatic heterocycles. The number of nitrogens with one attached hydrogen (secondary N) is 2. The summed E-state index contributed by atoms with van der Waals surface area (Å²) in [5.74, 6) is -0.161. The molecule has 4 N–H and O–H groups in total. The number of carbonyl (C=O) groups excluding carboxylic acids is 2. The molecule has 0 atom stereocenters. The molecule has 1 aliphatic rings. The second-order valence-electron chi connectivity index (χ2n) is 5.22. The van der Waals surface area contributed by atoms with Crippen LogP contribution in [0, 0.1) is 0 Å². The molecule has 2 amide bonds. The Kier molecular flexibility index (Phi) is 5.14. The van der Waals surface area contributed by atoms with Crippen LogP contribution in [0.25, 0.3) is 0 Å². The molecule has 1 saturated carbocycles. The zero-order valence-electron chi connectivity index (χ0n) is 11.5. The van der Waals surface area contributed by atoms with Crippen molar-refractivity contribution in [3.8, 4) is 0 Å². The second kappa shape index (κ2) is 6.85. The minimum Gasteiger partial charge on any atom is -0.351 e. The number of hydrogen-bond donors (Lipinski definition) is 3. The van der Waals surface area contributed by atoms with Gasteiger partial charge in [-0.1, -0.05) is 18.9 Å². The molecule has 6 heteroatoms. The molecule has 0 unspecified atom stereocenters. The first-order chi connectivity index (χ1) is 9.65. The monoisotopic (exact) mass is 295 g/mol. The summed E-state index contributed by atoms with van der Waals surface area (Å²) in [5.41, 5.74) is 5.56. The summed E-state index contributed by atoms with van der Waals surface area (Å²) in [6, 6.07) is 3.60. The number of amides is 2. The molecule has 20 heavy (non-hydrogen) atoms. The Morgan fingerprint density at radius 2 is 2.10 bits per heavy atom. The first-order valence-electron chi connectivity index (χ1n) is 6.98. The van der Waals surface area contributed by atoms with Crippen LogP contribution in [0.4, 0.5) is 0 Å². The largest absolute Gasteiger partial charge is 0.351 e. The molecule has 2 rings (SSSR count). The Labute approximate surface area is 122 Å². The second-order valence-corrected chi connectivity index (χ2v) is 6.17. The zero-order valence-corrected chi connectivity index (χ0v) is 12.3. The van der Waals surface area contributed by atoms with Crippen molar-refractivity contribution >= 4 is 23.2 Å². The SMILES string of the molecule is NCC1(NC(=O)CCNC(=O)c2cccs2)CCCC1. The third kappa shape index (κ3) is 3.80. The topological polar surface area (TPSA) is 84.2 Å². The van der Waals surface area contributed by atoms with Crippen LogP contribution < -0.4 is 16.4 Å². The molecule has 1 aromatic rings. The van der Waals surface area contributed by atoms with Crippen molar-refractivity contribution in [2.75, 3.05) is 13.1 Å². The van der Waals surface area contributed by atoms with Crippen LogP contribution in [0.5, 0.6) is 0 Å². The molecule has 1 aromatic heterocycles. The van der Waals surface area contributed by atoms with E-state index in [9.17, 15) is 9.59 Å².